The third kappa shape index (κ3) is 5.69. The number of amides is 1. The van der Waals surface area contributed by atoms with E-state index in [1.165, 1.54) is 5.56 Å². The number of aromatic nitrogens is 2. The lowest BCUT2D eigenvalue weighted by atomic mass is 10.2. The van der Waals surface area contributed by atoms with E-state index in [0.29, 0.717) is 26.0 Å². The van der Waals surface area contributed by atoms with Crippen molar-refractivity contribution in [3.8, 4) is 16.3 Å². The van der Waals surface area contributed by atoms with Gasteiger partial charge < -0.3 is 15.0 Å². The van der Waals surface area contributed by atoms with Gasteiger partial charge in [0.2, 0.25) is 5.91 Å². The summed E-state index contributed by atoms with van der Waals surface area (Å²) in [5.74, 6) is 0.860. The maximum Gasteiger partial charge on any atom is 0.220 e. The smallest absolute Gasteiger partial charge is 0.220 e. The summed E-state index contributed by atoms with van der Waals surface area (Å²) in [5.41, 5.74) is 3.28. The van der Waals surface area contributed by atoms with Crippen molar-refractivity contribution in [2.75, 3.05) is 13.2 Å². The number of aryl methyl sites for hydroxylation is 1. The minimum Gasteiger partial charge on any atom is -0.492 e. The largest absolute Gasteiger partial charge is 0.492 e. The van der Waals surface area contributed by atoms with Gasteiger partial charge in [-0.25, -0.2) is 4.98 Å². The number of hydrogen-bond donors (Lipinski definition) is 2. The summed E-state index contributed by atoms with van der Waals surface area (Å²) in [7, 11) is 0. The zero-order valence-electron chi connectivity index (χ0n) is 15.8. The number of thiophene rings is 1. The molecule has 0 bridgehead atoms. The zero-order chi connectivity index (χ0) is 19.8. The molecule has 0 unspecified atom stereocenters. The maximum absolute atomic E-state index is 12.0. The molecular weight excluding hydrogens is 438 g/mol. The van der Waals surface area contributed by atoms with Crippen LogP contribution in [0.4, 0.5) is 0 Å². The number of carbonyl (C=O) groups is 1. The summed E-state index contributed by atoms with van der Waals surface area (Å²) in [6.07, 6.45) is 4.55. The van der Waals surface area contributed by atoms with Gasteiger partial charge in [-0.3, -0.25) is 4.79 Å². The molecule has 5 nitrogen and oxygen atoms in total. The molecule has 28 heavy (non-hydrogen) atoms. The molecule has 0 atom stereocenters. The topological polar surface area (TPSA) is 67.0 Å². The van der Waals surface area contributed by atoms with Crippen molar-refractivity contribution in [1.29, 1.82) is 0 Å². The van der Waals surface area contributed by atoms with Gasteiger partial charge in [-0.2, -0.15) is 0 Å². The molecule has 0 radical (unpaired) electrons. The first-order valence-corrected chi connectivity index (χ1v) is 11.1. The zero-order valence-corrected chi connectivity index (χ0v) is 18.2. The van der Waals surface area contributed by atoms with Crippen molar-refractivity contribution in [1.82, 2.24) is 15.3 Å². The van der Waals surface area contributed by atoms with Crippen LogP contribution in [0.2, 0.25) is 0 Å². The fraction of sp³-hybridized carbons (Fsp3) is 0.333. The standard InChI is InChI=1S/C21H24BrN3O2S/c1-2-15-7-8-18(16(22)13-15)27-11-3-6-20(26)23-10-9-17-21(25-14-24-17)19-5-4-12-28-19/h4-5,7-8,12-14H,2-3,6,9-11H2,1H3,(H,23,26)(H,24,25). The molecule has 3 aromatic rings. The number of nitrogens with zero attached hydrogens (tertiary/aromatic N) is 1. The Morgan fingerprint density at radius 2 is 2.25 bits per heavy atom. The first-order valence-electron chi connectivity index (χ1n) is 9.41. The van der Waals surface area contributed by atoms with Crippen molar-refractivity contribution >= 4 is 33.2 Å². The van der Waals surface area contributed by atoms with Crippen molar-refractivity contribution in [2.24, 2.45) is 0 Å². The normalized spacial score (nSPS) is 10.8. The van der Waals surface area contributed by atoms with Crippen molar-refractivity contribution in [2.45, 2.75) is 32.6 Å². The first kappa shape index (κ1) is 20.6. The van der Waals surface area contributed by atoms with Crippen molar-refractivity contribution in [3.05, 3.63) is 57.8 Å². The molecule has 2 N–H and O–H groups in total. The molecule has 148 valence electrons. The average molecular weight is 462 g/mol. The highest BCUT2D eigenvalue weighted by Crippen LogP contribution is 2.27. The van der Waals surface area contributed by atoms with Crippen LogP contribution in [0.1, 0.15) is 31.0 Å². The molecule has 0 aliphatic heterocycles. The van der Waals surface area contributed by atoms with Gasteiger partial charge in [0.25, 0.3) is 0 Å². The van der Waals surface area contributed by atoms with Gasteiger partial charge in [-0.1, -0.05) is 19.1 Å². The van der Waals surface area contributed by atoms with Crippen molar-refractivity contribution in [3.63, 3.8) is 0 Å². The maximum atomic E-state index is 12.0. The van der Waals surface area contributed by atoms with Crippen LogP contribution in [0.25, 0.3) is 10.6 Å². The molecule has 7 heteroatoms. The third-order valence-electron chi connectivity index (χ3n) is 4.38. The molecule has 0 aliphatic carbocycles. The molecule has 2 heterocycles. The molecular formula is C21H24BrN3O2S. The van der Waals surface area contributed by atoms with Crippen LogP contribution in [0, 0.1) is 0 Å². The summed E-state index contributed by atoms with van der Waals surface area (Å²) in [6, 6.07) is 10.2. The SMILES string of the molecule is CCc1ccc(OCCCC(=O)NCCc2[nH]cnc2-c2cccs2)c(Br)c1. The van der Waals surface area contributed by atoms with Crippen LogP contribution in [-0.2, 0) is 17.6 Å². The van der Waals surface area contributed by atoms with Gasteiger partial charge in [-0.15, -0.1) is 11.3 Å². The van der Waals surface area contributed by atoms with Gasteiger partial charge in [-0.05, 0) is 57.9 Å². The lowest BCUT2D eigenvalue weighted by molar-refractivity contribution is -0.121. The molecule has 0 saturated heterocycles. The van der Waals surface area contributed by atoms with E-state index in [1.807, 2.05) is 17.5 Å². The minimum atomic E-state index is 0.0428. The summed E-state index contributed by atoms with van der Waals surface area (Å²) in [6.45, 7) is 3.22. The summed E-state index contributed by atoms with van der Waals surface area (Å²) in [4.78, 5) is 20.7. The second-order valence-corrected chi connectivity index (χ2v) is 8.18. The first-order chi connectivity index (χ1) is 13.7. The average Bonchev–Trinajstić information content (AvgIpc) is 3.37. The van der Waals surface area contributed by atoms with E-state index < -0.39 is 0 Å². The second kappa shape index (κ2) is 10.4. The Morgan fingerprint density at radius 1 is 1.36 bits per heavy atom. The summed E-state index contributed by atoms with van der Waals surface area (Å²) < 4.78 is 6.72. The van der Waals surface area contributed by atoms with Crippen molar-refractivity contribution < 1.29 is 9.53 Å². The van der Waals surface area contributed by atoms with Gasteiger partial charge in [0, 0.05) is 25.1 Å². The Labute approximate surface area is 177 Å². The number of imidazole rings is 1. The quantitative estimate of drug-likeness (QED) is 0.418. The molecule has 0 aliphatic rings. The predicted molar refractivity (Wildman–Crippen MR) is 117 cm³/mol. The Kier molecular flexibility index (Phi) is 7.68. The highest BCUT2D eigenvalue weighted by Gasteiger charge is 2.10. The lowest BCUT2D eigenvalue weighted by Crippen LogP contribution is -2.26. The van der Waals surface area contributed by atoms with Gasteiger partial charge in [0.1, 0.15) is 11.4 Å². The molecule has 0 saturated carbocycles. The van der Waals surface area contributed by atoms with Crippen LogP contribution >= 0.6 is 27.3 Å². The summed E-state index contributed by atoms with van der Waals surface area (Å²) in [5, 5.41) is 5.01. The van der Waals surface area contributed by atoms with E-state index in [4.69, 9.17) is 4.74 Å². The van der Waals surface area contributed by atoms with E-state index in [9.17, 15) is 4.79 Å². The van der Waals surface area contributed by atoms with Crippen LogP contribution in [-0.4, -0.2) is 29.0 Å². The van der Waals surface area contributed by atoms with Crippen LogP contribution in [0.5, 0.6) is 5.75 Å². The number of nitrogens with one attached hydrogen (secondary N) is 2. The number of ether oxygens (including phenoxy) is 1. The number of halogens is 1. The Morgan fingerprint density at radius 3 is 3.00 bits per heavy atom. The molecule has 0 spiro atoms. The van der Waals surface area contributed by atoms with Crippen LogP contribution in [0.15, 0.2) is 46.5 Å². The molecule has 1 aromatic carbocycles. The van der Waals surface area contributed by atoms with E-state index >= 15 is 0 Å². The second-order valence-electron chi connectivity index (χ2n) is 6.38. The molecule has 0 fully saturated rings. The number of benzene rings is 1. The Balaban J connectivity index is 1.35. The number of rotatable bonds is 10. The van der Waals surface area contributed by atoms with Crippen LogP contribution in [0.3, 0.4) is 0 Å². The third-order valence-corrected chi connectivity index (χ3v) is 5.88. The molecule has 1 amide bonds. The molecule has 3 rings (SSSR count). The van der Waals surface area contributed by atoms with Crippen LogP contribution < -0.4 is 10.1 Å². The van der Waals surface area contributed by atoms with E-state index in [2.05, 4.69) is 56.3 Å². The predicted octanol–water partition coefficient (Wildman–Crippen LogP) is 4.98. The fourth-order valence-corrected chi connectivity index (χ4v) is 4.14. The number of aromatic amines is 1. The van der Waals surface area contributed by atoms with E-state index in [1.54, 1.807) is 17.7 Å². The fourth-order valence-electron chi connectivity index (χ4n) is 2.85. The van der Waals surface area contributed by atoms with E-state index in [-0.39, 0.29) is 5.91 Å². The number of carbonyl (C=O) groups excluding carboxylic acids is 1. The monoisotopic (exact) mass is 461 g/mol. The number of hydrogen-bond acceptors (Lipinski definition) is 4. The highest BCUT2D eigenvalue weighted by molar-refractivity contribution is 9.10. The Hall–Kier alpha value is -2.12. The number of H-pyrrole nitrogens is 1. The van der Waals surface area contributed by atoms with Gasteiger partial charge >= 0.3 is 0 Å². The minimum absolute atomic E-state index is 0.0428. The van der Waals surface area contributed by atoms with Gasteiger partial charge in [0.15, 0.2) is 0 Å². The van der Waals surface area contributed by atoms with E-state index in [0.717, 1.165) is 39.3 Å². The lowest BCUT2D eigenvalue weighted by Gasteiger charge is -2.09. The Bertz CT molecular complexity index is 893. The molecule has 2 aromatic heterocycles. The summed E-state index contributed by atoms with van der Waals surface area (Å²) >= 11 is 5.19. The van der Waals surface area contributed by atoms with Gasteiger partial charge in [0.05, 0.1) is 22.3 Å². The highest BCUT2D eigenvalue weighted by atomic mass is 79.9.